The van der Waals surface area contributed by atoms with Crippen LogP contribution in [0.1, 0.15) is 31.0 Å². The first kappa shape index (κ1) is 11.0. The van der Waals surface area contributed by atoms with Gasteiger partial charge < -0.3 is 0 Å². The van der Waals surface area contributed by atoms with Crippen molar-refractivity contribution in [2.75, 3.05) is 0 Å². The average molecular weight is 225 g/mol. The van der Waals surface area contributed by atoms with Crippen LogP contribution >= 0.6 is 0 Å². The lowest BCUT2D eigenvalue weighted by Gasteiger charge is -2.05. The van der Waals surface area contributed by atoms with Crippen molar-refractivity contribution >= 4 is 5.65 Å². The van der Waals surface area contributed by atoms with Gasteiger partial charge in [0.1, 0.15) is 0 Å². The lowest BCUT2D eigenvalue weighted by molar-refractivity contribution is 0.149. The van der Waals surface area contributed by atoms with E-state index in [1.54, 1.807) is 6.20 Å². The highest BCUT2D eigenvalue weighted by molar-refractivity contribution is 5.47. The van der Waals surface area contributed by atoms with E-state index in [4.69, 9.17) is 0 Å². The number of alkyl halides is 2. The van der Waals surface area contributed by atoms with Crippen LogP contribution in [-0.4, -0.2) is 21.0 Å². The van der Waals surface area contributed by atoms with Gasteiger partial charge >= 0.3 is 0 Å². The molecule has 86 valence electrons. The Morgan fingerprint density at radius 2 is 2.12 bits per heavy atom. The number of hydrogen-bond acceptors (Lipinski definition) is 2. The number of aromatic nitrogens is 3. The molecule has 3 nitrogen and oxygen atoms in total. The molecule has 0 radical (unpaired) electrons. The summed E-state index contributed by atoms with van der Waals surface area (Å²) in [7, 11) is 0. The van der Waals surface area contributed by atoms with E-state index in [1.165, 1.54) is 10.7 Å². The summed E-state index contributed by atoms with van der Waals surface area (Å²) in [4.78, 5) is 4.35. The van der Waals surface area contributed by atoms with Crippen molar-refractivity contribution < 1.29 is 8.78 Å². The van der Waals surface area contributed by atoms with Crippen molar-refractivity contribution in [3.05, 3.63) is 29.7 Å². The van der Waals surface area contributed by atoms with E-state index in [0.717, 1.165) is 5.69 Å². The molecule has 0 saturated heterocycles. The van der Waals surface area contributed by atoms with Gasteiger partial charge in [0.2, 0.25) is 6.43 Å². The molecule has 2 aromatic heterocycles. The molecule has 2 heterocycles. The fraction of sp³-hybridized carbons (Fsp3) is 0.455. The fourth-order valence-corrected chi connectivity index (χ4v) is 1.56. The minimum Gasteiger partial charge on any atom is -0.233 e. The summed E-state index contributed by atoms with van der Waals surface area (Å²) in [5.74, 6) is 0.277. The highest BCUT2D eigenvalue weighted by Crippen LogP contribution is 2.16. The van der Waals surface area contributed by atoms with Gasteiger partial charge in [-0.05, 0) is 12.0 Å². The standard InChI is InChI=1S/C11H13F2N3/c1-7(2)9-3-4-16-11(15-9)8(6-14-16)5-10(12)13/h3-4,6-7,10H,5H2,1-2H3. The van der Waals surface area contributed by atoms with Gasteiger partial charge in [0.15, 0.2) is 5.65 Å². The van der Waals surface area contributed by atoms with Crippen LogP contribution in [0, 0.1) is 0 Å². The van der Waals surface area contributed by atoms with Crippen molar-refractivity contribution in [1.82, 2.24) is 14.6 Å². The first-order valence-electron chi connectivity index (χ1n) is 5.19. The lowest BCUT2D eigenvalue weighted by Crippen LogP contribution is -2.00. The number of rotatable bonds is 3. The maximum atomic E-state index is 12.3. The third-order valence-corrected chi connectivity index (χ3v) is 2.43. The molecule has 0 aromatic carbocycles. The second-order valence-corrected chi connectivity index (χ2v) is 4.04. The highest BCUT2D eigenvalue weighted by atomic mass is 19.3. The van der Waals surface area contributed by atoms with Crippen LogP contribution in [-0.2, 0) is 6.42 Å². The number of nitrogens with zero attached hydrogens (tertiary/aromatic N) is 3. The van der Waals surface area contributed by atoms with Gasteiger partial charge in [0, 0.05) is 23.9 Å². The molecule has 0 spiro atoms. The van der Waals surface area contributed by atoms with E-state index >= 15 is 0 Å². The Kier molecular flexibility index (Phi) is 2.85. The summed E-state index contributed by atoms with van der Waals surface area (Å²) in [5, 5.41) is 3.99. The van der Waals surface area contributed by atoms with Crippen molar-refractivity contribution in [3.63, 3.8) is 0 Å². The van der Waals surface area contributed by atoms with Crippen LogP contribution < -0.4 is 0 Å². The van der Waals surface area contributed by atoms with Gasteiger partial charge in [-0.1, -0.05) is 13.8 Å². The molecule has 0 aliphatic rings. The minimum absolute atomic E-state index is 0.277. The average Bonchev–Trinajstić information content (AvgIpc) is 2.60. The molecule has 0 bridgehead atoms. The van der Waals surface area contributed by atoms with E-state index < -0.39 is 6.43 Å². The molecule has 2 rings (SSSR count). The zero-order valence-corrected chi connectivity index (χ0v) is 9.19. The van der Waals surface area contributed by atoms with Crippen LogP contribution in [0.5, 0.6) is 0 Å². The predicted molar refractivity (Wildman–Crippen MR) is 56.8 cm³/mol. The summed E-state index contributed by atoms with van der Waals surface area (Å²) in [6.07, 6.45) is 0.557. The molecule has 2 aromatic rings. The monoisotopic (exact) mass is 225 g/mol. The largest absolute Gasteiger partial charge is 0.242 e. The van der Waals surface area contributed by atoms with E-state index in [1.807, 2.05) is 19.9 Å². The number of halogens is 2. The zero-order valence-electron chi connectivity index (χ0n) is 9.19. The number of fused-ring (bicyclic) bond motifs is 1. The molecule has 0 unspecified atom stereocenters. The molecule has 0 atom stereocenters. The topological polar surface area (TPSA) is 30.2 Å². The molecular formula is C11H13F2N3. The van der Waals surface area contributed by atoms with Crippen molar-refractivity contribution in [1.29, 1.82) is 0 Å². The molecule has 0 fully saturated rings. The van der Waals surface area contributed by atoms with Crippen LogP contribution in [0.4, 0.5) is 8.78 Å². The first-order chi connectivity index (χ1) is 7.58. The Hall–Kier alpha value is -1.52. The summed E-state index contributed by atoms with van der Waals surface area (Å²) in [6.45, 7) is 4.03. The quantitative estimate of drug-likeness (QED) is 0.803. The van der Waals surface area contributed by atoms with Gasteiger partial charge in [-0.3, -0.25) is 0 Å². The molecule has 16 heavy (non-hydrogen) atoms. The second kappa shape index (κ2) is 4.15. The van der Waals surface area contributed by atoms with E-state index in [-0.39, 0.29) is 12.3 Å². The third kappa shape index (κ3) is 2.03. The van der Waals surface area contributed by atoms with E-state index in [9.17, 15) is 8.78 Å². The second-order valence-electron chi connectivity index (χ2n) is 4.04. The Labute approximate surface area is 92.1 Å². The molecule has 0 amide bonds. The normalized spacial score (nSPS) is 11.9. The van der Waals surface area contributed by atoms with Crippen molar-refractivity contribution in [3.8, 4) is 0 Å². The van der Waals surface area contributed by atoms with Gasteiger partial charge in [-0.25, -0.2) is 18.3 Å². The summed E-state index contributed by atoms with van der Waals surface area (Å²) in [6, 6.07) is 1.86. The van der Waals surface area contributed by atoms with Gasteiger partial charge in [0.25, 0.3) is 0 Å². The Balaban J connectivity index is 2.47. The molecule has 0 aliphatic heterocycles. The lowest BCUT2D eigenvalue weighted by atomic mass is 10.1. The molecule has 0 saturated carbocycles. The van der Waals surface area contributed by atoms with Crippen LogP contribution in [0.2, 0.25) is 0 Å². The van der Waals surface area contributed by atoms with Crippen LogP contribution in [0.3, 0.4) is 0 Å². The molecule has 5 heteroatoms. The maximum Gasteiger partial charge on any atom is 0.242 e. The number of hydrogen-bond donors (Lipinski definition) is 0. The Bertz CT molecular complexity index is 491. The predicted octanol–water partition coefficient (Wildman–Crippen LogP) is 2.66. The van der Waals surface area contributed by atoms with E-state index in [0.29, 0.717) is 11.2 Å². The zero-order chi connectivity index (χ0) is 11.7. The molecule has 0 aliphatic carbocycles. The Morgan fingerprint density at radius 3 is 2.75 bits per heavy atom. The van der Waals surface area contributed by atoms with Gasteiger partial charge in [-0.15, -0.1) is 0 Å². The van der Waals surface area contributed by atoms with Gasteiger partial charge in [0.05, 0.1) is 6.20 Å². The van der Waals surface area contributed by atoms with Crippen LogP contribution in [0.25, 0.3) is 5.65 Å². The highest BCUT2D eigenvalue weighted by Gasteiger charge is 2.12. The fourth-order valence-electron chi connectivity index (χ4n) is 1.56. The van der Waals surface area contributed by atoms with Crippen molar-refractivity contribution in [2.24, 2.45) is 0 Å². The first-order valence-corrected chi connectivity index (χ1v) is 5.19. The van der Waals surface area contributed by atoms with Crippen LogP contribution in [0.15, 0.2) is 18.5 Å². The molecule has 0 N–H and O–H groups in total. The Morgan fingerprint density at radius 1 is 1.38 bits per heavy atom. The smallest absolute Gasteiger partial charge is 0.233 e. The minimum atomic E-state index is -2.36. The summed E-state index contributed by atoms with van der Waals surface area (Å²) in [5.41, 5.74) is 1.92. The maximum absolute atomic E-state index is 12.3. The summed E-state index contributed by atoms with van der Waals surface area (Å²) < 4.78 is 26.2. The van der Waals surface area contributed by atoms with E-state index in [2.05, 4.69) is 10.1 Å². The molecular weight excluding hydrogens is 212 g/mol. The summed E-state index contributed by atoms with van der Waals surface area (Å²) >= 11 is 0. The van der Waals surface area contributed by atoms with Crippen molar-refractivity contribution in [2.45, 2.75) is 32.6 Å². The third-order valence-electron chi connectivity index (χ3n) is 2.43. The van der Waals surface area contributed by atoms with Gasteiger partial charge in [-0.2, -0.15) is 5.10 Å². The SMILES string of the molecule is CC(C)c1ccn2ncc(CC(F)F)c2n1.